The average molecular weight is 331 g/mol. The molecule has 2 aliphatic heterocycles. The summed E-state index contributed by atoms with van der Waals surface area (Å²) in [4.78, 5) is 7.46. The highest BCUT2D eigenvalue weighted by Gasteiger charge is 2.48. The van der Waals surface area contributed by atoms with Crippen molar-refractivity contribution >= 4 is 0 Å². The van der Waals surface area contributed by atoms with Gasteiger partial charge in [0.15, 0.2) is 0 Å². The topological polar surface area (TPSA) is 25.4 Å². The lowest BCUT2D eigenvalue weighted by Crippen LogP contribution is -2.51. The number of likely N-dealkylation sites (tertiary alicyclic amines) is 1. The summed E-state index contributed by atoms with van der Waals surface area (Å²) >= 11 is 0. The smallest absolute Gasteiger partial charge is 0.0635 e. The van der Waals surface area contributed by atoms with Gasteiger partial charge in [-0.05, 0) is 76.6 Å². The molecule has 2 aliphatic rings. The molecule has 0 amide bonds. The Hall–Kier alpha value is -0.930. The third-order valence-electron chi connectivity index (χ3n) is 5.95. The van der Waals surface area contributed by atoms with Crippen molar-refractivity contribution in [3.05, 3.63) is 30.1 Å². The van der Waals surface area contributed by atoms with E-state index < -0.39 is 0 Å². The first kappa shape index (κ1) is 17.9. The quantitative estimate of drug-likeness (QED) is 0.824. The van der Waals surface area contributed by atoms with E-state index in [9.17, 15) is 0 Å². The molecule has 0 radical (unpaired) electrons. The Bertz CT molecular complexity index is 520. The Morgan fingerprint density at radius 3 is 2.58 bits per heavy atom. The minimum Gasteiger partial charge on any atom is -0.376 e. The fraction of sp³-hybridized carbons (Fsp3) is 0.762. The SMILES string of the molecule is CC(C)CN1CCC(C2(c3ccccn3)CCOC(C)(C)C2)CC1. The van der Waals surface area contributed by atoms with Crippen molar-refractivity contribution in [3.8, 4) is 0 Å². The maximum atomic E-state index is 6.07. The molecule has 1 aromatic heterocycles. The van der Waals surface area contributed by atoms with E-state index in [4.69, 9.17) is 9.72 Å². The van der Waals surface area contributed by atoms with Crippen LogP contribution < -0.4 is 0 Å². The molecule has 3 rings (SSSR count). The summed E-state index contributed by atoms with van der Waals surface area (Å²) < 4.78 is 6.07. The summed E-state index contributed by atoms with van der Waals surface area (Å²) in [5, 5.41) is 0. The van der Waals surface area contributed by atoms with Gasteiger partial charge in [-0.3, -0.25) is 4.98 Å². The molecule has 1 aromatic rings. The van der Waals surface area contributed by atoms with Gasteiger partial charge >= 0.3 is 0 Å². The number of aromatic nitrogens is 1. The van der Waals surface area contributed by atoms with Crippen LogP contribution in [-0.4, -0.2) is 41.7 Å². The van der Waals surface area contributed by atoms with Crippen LogP contribution in [0.5, 0.6) is 0 Å². The van der Waals surface area contributed by atoms with Gasteiger partial charge in [0.05, 0.1) is 5.60 Å². The first-order chi connectivity index (χ1) is 11.4. The minimum atomic E-state index is -0.0508. The minimum absolute atomic E-state index is 0.0508. The van der Waals surface area contributed by atoms with Crippen molar-refractivity contribution in [1.82, 2.24) is 9.88 Å². The summed E-state index contributed by atoms with van der Waals surface area (Å²) in [5.74, 6) is 1.48. The predicted molar refractivity (Wildman–Crippen MR) is 99.2 cm³/mol. The van der Waals surface area contributed by atoms with Crippen molar-refractivity contribution in [1.29, 1.82) is 0 Å². The number of hydrogen-bond acceptors (Lipinski definition) is 3. The van der Waals surface area contributed by atoms with Crippen molar-refractivity contribution < 1.29 is 4.74 Å². The highest BCUT2D eigenvalue weighted by molar-refractivity contribution is 5.22. The maximum Gasteiger partial charge on any atom is 0.0635 e. The lowest BCUT2D eigenvalue weighted by Gasteiger charge is -2.51. The normalized spacial score (nSPS) is 29.0. The van der Waals surface area contributed by atoms with Crippen LogP contribution in [0.2, 0.25) is 0 Å². The van der Waals surface area contributed by atoms with Gasteiger partial charge in [0.1, 0.15) is 0 Å². The van der Waals surface area contributed by atoms with Gasteiger partial charge in [-0.2, -0.15) is 0 Å². The molecule has 0 saturated carbocycles. The van der Waals surface area contributed by atoms with E-state index >= 15 is 0 Å². The fourth-order valence-electron chi connectivity index (χ4n) is 5.03. The Morgan fingerprint density at radius 1 is 1.25 bits per heavy atom. The lowest BCUT2D eigenvalue weighted by molar-refractivity contribution is -0.101. The zero-order chi connectivity index (χ0) is 17.2. The van der Waals surface area contributed by atoms with Crippen LogP contribution in [0.3, 0.4) is 0 Å². The van der Waals surface area contributed by atoms with E-state index in [1.54, 1.807) is 0 Å². The Morgan fingerprint density at radius 2 is 2.00 bits per heavy atom. The summed E-state index contributed by atoms with van der Waals surface area (Å²) in [6, 6.07) is 6.44. The third kappa shape index (κ3) is 3.83. The zero-order valence-electron chi connectivity index (χ0n) is 15.9. The molecule has 0 N–H and O–H groups in total. The van der Waals surface area contributed by atoms with Crippen molar-refractivity contribution in [2.24, 2.45) is 11.8 Å². The van der Waals surface area contributed by atoms with Crippen molar-refractivity contribution in [2.45, 2.75) is 64.4 Å². The summed E-state index contributed by atoms with van der Waals surface area (Å²) in [6.07, 6.45) is 6.75. The molecule has 24 heavy (non-hydrogen) atoms. The lowest BCUT2D eigenvalue weighted by atomic mass is 9.61. The molecule has 1 unspecified atom stereocenters. The molecule has 2 fully saturated rings. The first-order valence-electron chi connectivity index (χ1n) is 9.69. The first-order valence-corrected chi connectivity index (χ1v) is 9.69. The number of nitrogens with zero attached hydrogens (tertiary/aromatic N) is 2. The van der Waals surface area contributed by atoms with Gasteiger partial charge < -0.3 is 9.64 Å². The number of pyridine rings is 1. The number of rotatable bonds is 4. The van der Waals surface area contributed by atoms with E-state index in [-0.39, 0.29) is 11.0 Å². The van der Waals surface area contributed by atoms with Gasteiger partial charge in [-0.1, -0.05) is 19.9 Å². The van der Waals surface area contributed by atoms with Crippen LogP contribution in [0.1, 0.15) is 59.1 Å². The van der Waals surface area contributed by atoms with E-state index in [1.807, 2.05) is 12.3 Å². The Labute approximate surface area is 147 Å². The Balaban J connectivity index is 1.82. The van der Waals surface area contributed by atoms with Crippen LogP contribution in [0.4, 0.5) is 0 Å². The second-order valence-electron chi connectivity index (χ2n) is 8.87. The van der Waals surface area contributed by atoms with E-state index in [0.717, 1.165) is 31.3 Å². The average Bonchev–Trinajstić information content (AvgIpc) is 2.55. The van der Waals surface area contributed by atoms with Crippen LogP contribution in [-0.2, 0) is 10.2 Å². The predicted octanol–water partition coefficient (Wildman–Crippen LogP) is 4.28. The molecule has 3 heterocycles. The molecule has 3 nitrogen and oxygen atoms in total. The summed E-state index contributed by atoms with van der Waals surface area (Å²) in [7, 11) is 0. The van der Waals surface area contributed by atoms with Crippen LogP contribution in [0.15, 0.2) is 24.4 Å². The number of hydrogen-bond donors (Lipinski definition) is 0. The molecule has 0 spiro atoms. The molecular formula is C21H34N2O. The van der Waals surface area contributed by atoms with Gasteiger partial charge in [0.25, 0.3) is 0 Å². The Kier molecular flexibility index (Phi) is 5.31. The highest BCUT2D eigenvalue weighted by atomic mass is 16.5. The van der Waals surface area contributed by atoms with Crippen LogP contribution >= 0.6 is 0 Å². The maximum absolute atomic E-state index is 6.07. The number of ether oxygens (including phenoxy) is 1. The largest absolute Gasteiger partial charge is 0.376 e. The molecule has 0 aliphatic carbocycles. The van der Waals surface area contributed by atoms with Crippen LogP contribution in [0, 0.1) is 11.8 Å². The van der Waals surface area contributed by atoms with Gasteiger partial charge in [-0.15, -0.1) is 0 Å². The van der Waals surface area contributed by atoms with Gasteiger partial charge in [0, 0.05) is 30.5 Å². The highest BCUT2D eigenvalue weighted by Crippen LogP contribution is 2.49. The molecule has 2 saturated heterocycles. The number of piperidine rings is 1. The molecule has 3 heteroatoms. The van der Waals surface area contributed by atoms with Gasteiger partial charge in [0.2, 0.25) is 0 Å². The van der Waals surface area contributed by atoms with Crippen molar-refractivity contribution in [3.63, 3.8) is 0 Å². The second-order valence-corrected chi connectivity index (χ2v) is 8.87. The molecule has 0 bridgehead atoms. The second kappa shape index (κ2) is 7.13. The van der Waals surface area contributed by atoms with Crippen molar-refractivity contribution in [2.75, 3.05) is 26.2 Å². The zero-order valence-corrected chi connectivity index (χ0v) is 15.9. The third-order valence-corrected chi connectivity index (χ3v) is 5.95. The molecule has 0 aromatic carbocycles. The molecular weight excluding hydrogens is 296 g/mol. The summed E-state index contributed by atoms with van der Waals surface area (Å²) in [6.45, 7) is 13.7. The monoisotopic (exact) mass is 330 g/mol. The summed E-state index contributed by atoms with van der Waals surface area (Å²) in [5.41, 5.74) is 1.43. The van der Waals surface area contributed by atoms with E-state index in [2.05, 4.69) is 44.7 Å². The van der Waals surface area contributed by atoms with Gasteiger partial charge in [-0.25, -0.2) is 0 Å². The standard InChI is InChI=1S/C21H34N2O/c1-17(2)15-23-12-8-18(9-13-23)21(19-7-5-6-11-22-19)10-14-24-20(3,4)16-21/h5-7,11,17-18H,8-10,12-16H2,1-4H3. The molecule has 134 valence electrons. The molecule has 1 atom stereocenters. The van der Waals surface area contributed by atoms with Crippen LogP contribution in [0.25, 0.3) is 0 Å². The van der Waals surface area contributed by atoms with E-state index in [1.165, 1.54) is 38.2 Å². The fourth-order valence-corrected chi connectivity index (χ4v) is 5.03. The van der Waals surface area contributed by atoms with E-state index in [0.29, 0.717) is 0 Å².